The van der Waals surface area contributed by atoms with E-state index in [4.69, 9.17) is 26.1 Å². The number of nitrogens with zero attached hydrogens (tertiary/aromatic N) is 1. The van der Waals surface area contributed by atoms with E-state index in [1.807, 2.05) is 23.1 Å². The normalized spacial score (nSPS) is 30.4. The Morgan fingerprint density at radius 2 is 1.80 bits per heavy atom. The number of hydrogen-bond acceptors (Lipinski definition) is 7. The summed E-state index contributed by atoms with van der Waals surface area (Å²) in [5.74, 6) is 3.98. The van der Waals surface area contributed by atoms with E-state index in [2.05, 4.69) is 0 Å². The van der Waals surface area contributed by atoms with Crippen molar-refractivity contribution in [3.8, 4) is 17.1 Å². The van der Waals surface area contributed by atoms with Crippen LogP contribution >= 0.6 is 24.0 Å². The summed E-state index contributed by atoms with van der Waals surface area (Å²) < 4.78 is 16.8. The third-order valence-corrected chi connectivity index (χ3v) is 9.42. The first-order valence-electron chi connectivity index (χ1n) is 12.1. The number of methoxy groups -OCH3 is 2. The molecule has 2 heterocycles. The fraction of sp³-hybridized carbons (Fsp3) is 0.444. The molecule has 6 nitrogen and oxygen atoms in total. The van der Waals surface area contributed by atoms with Crippen molar-refractivity contribution in [3.05, 3.63) is 46.6 Å². The Labute approximate surface area is 214 Å². The molecule has 5 fully saturated rings. The van der Waals surface area contributed by atoms with E-state index in [1.54, 1.807) is 18.2 Å². The molecule has 1 aromatic carbocycles. The van der Waals surface area contributed by atoms with Gasteiger partial charge in [-0.3, -0.25) is 9.69 Å². The molecule has 0 spiro atoms. The minimum atomic E-state index is -0.482. The molecule has 0 N–H and O–H groups in total. The van der Waals surface area contributed by atoms with E-state index in [0.717, 1.165) is 11.8 Å². The number of esters is 1. The second kappa shape index (κ2) is 8.82. The highest BCUT2D eigenvalue weighted by Gasteiger charge is 2.53. The molecule has 8 heteroatoms. The van der Waals surface area contributed by atoms with Gasteiger partial charge in [0.25, 0.3) is 5.91 Å². The number of thiocarbonyl (C=S) groups is 1. The molecule has 5 aliphatic rings. The van der Waals surface area contributed by atoms with Gasteiger partial charge in [-0.15, -0.1) is 0 Å². The summed E-state index contributed by atoms with van der Waals surface area (Å²) in [6, 6.07) is 9.11. The standard InChI is InChI=1S/C27H27NO5S2/c1-31-22-5-3-16(12-20(22)26(30)32-2)21-6-4-19(33-21)13-23-25(29)28(27(34)35-23)24-17-8-14-7-15(10-17)11-18(24)9-14/h3-6,12-15,17-18,24H,7-11H2,1-2H3/b23-13-. The van der Waals surface area contributed by atoms with Crippen molar-refractivity contribution in [1.29, 1.82) is 0 Å². The van der Waals surface area contributed by atoms with Crippen molar-refractivity contribution in [1.82, 2.24) is 4.90 Å². The second-order valence-corrected chi connectivity index (χ2v) is 11.8. The van der Waals surface area contributed by atoms with Crippen LogP contribution in [0, 0.1) is 23.7 Å². The Morgan fingerprint density at radius 1 is 1.09 bits per heavy atom. The largest absolute Gasteiger partial charge is 0.496 e. The zero-order valence-corrected chi connectivity index (χ0v) is 21.3. The van der Waals surface area contributed by atoms with Crippen LogP contribution in [0.3, 0.4) is 0 Å². The van der Waals surface area contributed by atoms with E-state index in [1.165, 1.54) is 58.1 Å². The molecule has 1 aliphatic heterocycles. The van der Waals surface area contributed by atoms with E-state index >= 15 is 0 Å². The van der Waals surface area contributed by atoms with Gasteiger partial charge in [-0.2, -0.15) is 0 Å². The van der Waals surface area contributed by atoms with Gasteiger partial charge in [0, 0.05) is 17.7 Å². The smallest absolute Gasteiger partial charge is 0.341 e. The second-order valence-electron chi connectivity index (χ2n) is 10.1. The van der Waals surface area contributed by atoms with Gasteiger partial charge < -0.3 is 13.9 Å². The van der Waals surface area contributed by atoms with Crippen molar-refractivity contribution >= 4 is 46.3 Å². The van der Waals surface area contributed by atoms with Gasteiger partial charge in [0.05, 0.1) is 19.1 Å². The van der Waals surface area contributed by atoms with Crippen molar-refractivity contribution in [2.24, 2.45) is 23.7 Å². The van der Waals surface area contributed by atoms with Crippen LogP contribution < -0.4 is 4.74 Å². The van der Waals surface area contributed by atoms with E-state index in [9.17, 15) is 9.59 Å². The topological polar surface area (TPSA) is 69.0 Å². The first-order valence-corrected chi connectivity index (χ1v) is 13.3. The number of amides is 1. The van der Waals surface area contributed by atoms with Gasteiger partial charge >= 0.3 is 5.97 Å². The summed E-state index contributed by atoms with van der Waals surface area (Å²) in [7, 11) is 2.84. The third-order valence-electron chi connectivity index (χ3n) is 8.09. The molecule has 1 aromatic heterocycles. The average molecular weight is 510 g/mol. The van der Waals surface area contributed by atoms with Crippen LogP contribution in [0.4, 0.5) is 0 Å². The summed E-state index contributed by atoms with van der Waals surface area (Å²) in [4.78, 5) is 28.2. The molecule has 182 valence electrons. The van der Waals surface area contributed by atoms with E-state index in [0.29, 0.717) is 49.5 Å². The highest BCUT2D eigenvalue weighted by molar-refractivity contribution is 8.26. The maximum absolute atomic E-state index is 13.5. The van der Waals surface area contributed by atoms with Crippen LogP contribution in [0.15, 0.2) is 39.7 Å². The number of thioether (sulfide) groups is 1. The molecular weight excluding hydrogens is 482 g/mol. The molecular formula is C27H27NO5S2. The lowest BCUT2D eigenvalue weighted by atomic mass is 9.54. The molecule has 4 aliphatic carbocycles. The minimum absolute atomic E-state index is 0.00727. The quantitative estimate of drug-likeness (QED) is 0.288. The third kappa shape index (κ3) is 3.91. The van der Waals surface area contributed by atoms with Gasteiger partial charge in [0.15, 0.2) is 0 Å². The molecule has 35 heavy (non-hydrogen) atoms. The van der Waals surface area contributed by atoms with Gasteiger partial charge in [0.1, 0.15) is 27.2 Å². The highest BCUT2D eigenvalue weighted by Crippen LogP contribution is 2.56. The lowest BCUT2D eigenvalue weighted by Gasteiger charge is -2.56. The lowest BCUT2D eigenvalue weighted by Crippen LogP contribution is -2.57. The molecule has 2 aromatic rings. The number of ether oxygens (including phenoxy) is 2. The Kier molecular flexibility index (Phi) is 5.76. The first-order chi connectivity index (χ1) is 16.9. The monoisotopic (exact) mass is 509 g/mol. The number of benzene rings is 1. The SMILES string of the molecule is COC(=O)c1cc(-c2ccc(/C=C3\SC(=S)N(C4C5CC6CC(C5)CC4C6)C3=O)o2)ccc1OC. The Bertz CT molecular complexity index is 1220. The van der Waals surface area contributed by atoms with Crippen molar-refractivity contribution in [3.63, 3.8) is 0 Å². The maximum atomic E-state index is 13.5. The Hall–Kier alpha value is -2.58. The fourth-order valence-electron chi connectivity index (χ4n) is 6.90. The predicted molar refractivity (Wildman–Crippen MR) is 138 cm³/mol. The average Bonchev–Trinajstić information content (AvgIpc) is 3.42. The zero-order valence-electron chi connectivity index (χ0n) is 19.7. The van der Waals surface area contributed by atoms with Gasteiger partial charge in [-0.25, -0.2) is 4.79 Å². The maximum Gasteiger partial charge on any atom is 0.341 e. The summed E-state index contributed by atoms with van der Waals surface area (Å²) >= 11 is 7.08. The molecule has 1 amide bonds. The molecule has 0 atom stereocenters. The van der Waals surface area contributed by atoms with Crippen molar-refractivity contribution < 1.29 is 23.5 Å². The van der Waals surface area contributed by atoms with Crippen LogP contribution in [0.1, 0.15) is 48.2 Å². The van der Waals surface area contributed by atoms with Crippen molar-refractivity contribution in [2.75, 3.05) is 14.2 Å². The van der Waals surface area contributed by atoms with Crippen LogP contribution in [-0.2, 0) is 9.53 Å². The summed E-state index contributed by atoms with van der Waals surface area (Å²) in [5.41, 5.74) is 1.04. The van der Waals surface area contributed by atoms with Crippen LogP contribution in [0.5, 0.6) is 5.75 Å². The molecule has 4 saturated carbocycles. The number of furan rings is 1. The Balaban J connectivity index is 1.24. The fourth-order valence-corrected chi connectivity index (χ4v) is 8.23. The predicted octanol–water partition coefficient (Wildman–Crippen LogP) is 5.77. The van der Waals surface area contributed by atoms with Gasteiger partial charge in [0.2, 0.25) is 0 Å². The summed E-state index contributed by atoms with van der Waals surface area (Å²) in [5, 5.41) is 0. The molecule has 0 radical (unpaired) electrons. The van der Waals surface area contributed by atoms with Gasteiger partial charge in [-0.1, -0.05) is 24.0 Å². The zero-order chi connectivity index (χ0) is 24.3. The molecule has 4 bridgehead atoms. The number of hydrogen-bond donors (Lipinski definition) is 0. The van der Waals surface area contributed by atoms with Crippen LogP contribution in [0.25, 0.3) is 17.4 Å². The lowest BCUT2D eigenvalue weighted by molar-refractivity contribution is -0.130. The number of carbonyl (C=O) groups is 2. The first kappa shape index (κ1) is 22.9. The molecule has 7 rings (SSSR count). The summed E-state index contributed by atoms with van der Waals surface area (Å²) in [6.45, 7) is 0. The number of carbonyl (C=O) groups excluding carboxylic acids is 2. The minimum Gasteiger partial charge on any atom is -0.496 e. The van der Waals surface area contributed by atoms with E-state index in [-0.39, 0.29) is 11.9 Å². The number of rotatable bonds is 5. The van der Waals surface area contributed by atoms with Crippen LogP contribution in [-0.4, -0.2) is 41.4 Å². The van der Waals surface area contributed by atoms with Crippen molar-refractivity contribution in [2.45, 2.75) is 38.1 Å². The molecule has 0 unspecified atom stereocenters. The highest BCUT2D eigenvalue weighted by atomic mass is 32.2. The van der Waals surface area contributed by atoms with E-state index < -0.39 is 5.97 Å². The van der Waals surface area contributed by atoms with Crippen LogP contribution in [0.2, 0.25) is 0 Å². The molecule has 1 saturated heterocycles. The summed E-state index contributed by atoms with van der Waals surface area (Å²) in [6.07, 6.45) is 8.13. The Morgan fingerprint density at radius 3 is 2.46 bits per heavy atom. The van der Waals surface area contributed by atoms with Gasteiger partial charge in [-0.05, 0) is 86.1 Å².